The summed E-state index contributed by atoms with van der Waals surface area (Å²) in [6.45, 7) is 1.99. The van der Waals surface area contributed by atoms with Crippen LogP contribution in [0.15, 0.2) is 36.8 Å². The molecule has 3 heteroatoms. The molecule has 0 amide bonds. The van der Waals surface area contributed by atoms with Crippen LogP contribution in [0, 0.1) is 6.92 Å². The Morgan fingerprint density at radius 3 is 2.73 bits per heavy atom. The summed E-state index contributed by atoms with van der Waals surface area (Å²) in [4.78, 5) is 8.41. The Kier molecular flexibility index (Phi) is 2.63. The maximum absolute atomic E-state index is 5.25. The van der Waals surface area contributed by atoms with Gasteiger partial charge < -0.3 is 4.74 Å². The number of rotatable bonds is 2. The second-order valence-electron chi connectivity index (χ2n) is 3.23. The van der Waals surface area contributed by atoms with Crippen molar-refractivity contribution in [3.8, 4) is 17.0 Å². The van der Waals surface area contributed by atoms with Crippen molar-refractivity contribution in [1.82, 2.24) is 9.97 Å². The van der Waals surface area contributed by atoms with Gasteiger partial charge in [0.15, 0.2) is 0 Å². The number of ether oxygens (including phenoxy) is 1. The average molecular weight is 200 g/mol. The molecule has 2 aromatic rings. The normalized spacial score (nSPS) is 10.0. The molecule has 76 valence electrons. The van der Waals surface area contributed by atoms with Crippen LogP contribution >= 0.6 is 0 Å². The summed E-state index contributed by atoms with van der Waals surface area (Å²) in [7, 11) is 1.66. The van der Waals surface area contributed by atoms with E-state index in [9.17, 15) is 0 Å². The molecule has 15 heavy (non-hydrogen) atoms. The molecule has 0 aromatic carbocycles. The number of pyridine rings is 2. The highest BCUT2D eigenvalue weighted by Gasteiger charge is 2.07. The molecule has 0 unspecified atom stereocenters. The van der Waals surface area contributed by atoms with Crippen LogP contribution in [-0.4, -0.2) is 17.1 Å². The van der Waals surface area contributed by atoms with E-state index < -0.39 is 0 Å². The fourth-order valence-electron chi connectivity index (χ4n) is 1.53. The van der Waals surface area contributed by atoms with E-state index in [1.165, 1.54) is 0 Å². The molecule has 0 spiro atoms. The zero-order valence-corrected chi connectivity index (χ0v) is 8.77. The summed E-state index contributed by atoms with van der Waals surface area (Å²) >= 11 is 0. The van der Waals surface area contributed by atoms with Gasteiger partial charge in [-0.15, -0.1) is 0 Å². The van der Waals surface area contributed by atoms with E-state index in [0.717, 1.165) is 22.6 Å². The predicted molar refractivity (Wildman–Crippen MR) is 58.8 cm³/mol. The molecule has 0 aliphatic rings. The molecular weight excluding hydrogens is 188 g/mol. The molecule has 0 atom stereocenters. The quantitative estimate of drug-likeness (QED) is 0.747. The lowest BCUT2D eigenvalue weighted by Gasteiger charge is -2.08. The van der Waals surface area contributed by atoms with Gasteiger partial charge in [-0.05, 0) is 25.1 Å². The highest BCUT2D eigenvalue weighted by Crippen LogP contribution is 2.26. The van der Waals surface area contributed by atoms with E-state index in [2.05, 4.69) is 9.97 Å². The molecule has 0 aliphatic carbocycles. The van der Waals surface area contributed by atoms with Crippen LogP contribution < -0.4 is 4.74 Å². The van der Waals surface area contributed by atoms with Crippen LogP contribution in [0.4, 0.5) is 0 Å². The highest BCUT2D eigenvalue weighted by atomic mass is 16.5. The van der Waals surface area contributed by atoms with E-state index in [-0.39, 0.29) is 0 Å². The minimum Gasteiger partial charge on any atom is -0.496 e. The largest absolute Gasteiger partial charge is 0.496 e. The standard InChI is InChI=1S/C12H12N2O/c1-9-11(15-2)5-7-14-12(9)10-4-3-6-13-8-10/h3-8H,1-2H3. The van der Waals surface area contributed by atoms with Crippen LogP contribution in [-0.2, 0) is 0 Å². The molecule has 2 heterocycles. The zero-order chi connectivity index (χ0) is 10.7. The Bertz CT molecular complexity index is 454. The Balaban J connectivity index is 2.54. The van der Waals surface area contributed by atoms with Crippen LogP contribution in [0.3, 0.4) is 0 Å². The number of hydrogen-bond acceptors (Lipinski definition) is 3. The zero-order valence-electron chi connectivity index (χ0n) is 8.77. The molecule has 0 saturated heterocycles. The lowest BCUT2D eigenvalue weighted by Crippen LogP contribution is -1.93. The predicted octanol–water partition coefficient (Wildman–Crippen LogP) is 2.46. The van der Waals surface area contributed by atoms with E-state index in [1.807, 2.05) is 25.1 Å². The molecule has 0 bridgehead atoms. The lowest BCUT2D eigenvalue weighted by molar-refractivity contribution is 0.411. The number of nitrogens with zero attached hydrogens (tertiary/aromatic N) is 2. The number of hydrogen-bond donors (Lipinski definition) is 0. The van der Waals surface area contributed by atoms with E-state index >= 15 is 0 Å². The van der Waals surface area contributed by atoms with Crippen LogP contribution in [0.25, 0.3) is 11.3 Å². The molecule has 2 aromatic heterocycles. The Morgan fingerprint density at radius 2 is 2.07 bits per heavy atom. The van der Waals surface area contributed by atoms with Crippen LogP contribution in [0.1, 0.15) is 5.56 Å². The van der Waals surface area contributed by atoms with Gasteiger partial charge in [-0.1, -0.05) is 0 Å². The van der Waals surface area contributed by atoms with Crippen molar-refractivity contribution in [2.45, 2.75) is 6.92 Å². The van der Waals surface area contributed by atoms with Gasteiger partial charge >= 0.3 is 0 Å². The monoisotopic (exact) mass is 200 g/mol. The van der Waals surface area contributed by atoms with Crippen molar-refractivity contribution < 1.29 is 4.74 Å². The molecule has 2 rings (SSSR count). The molecule has 0 saturated carbocycles. The maximum Gasteiger partial charge on any atom is 0.125 e. The van der Waals surface area contributed by atoms with E-state index in [0.29, 0.717) is 0 Å². The van der Waals surface area contributed by atoms with Crippen molar-refractivity contribution >= 4 is 0 Å². The average Bonchev–Trinajstić information content (AvgIpc) is 2.30. The van der Waals surface area contributed by atoms with Crippen molar-refractivity contribution in [3.63, 3.8) is 0 Å². The molecule has 0 radical (unpaired) electrons. The fraction of sp³-hybridized carbons (Fsp3) is 0.167. The van der Waals surface area contributed by atoms with Gasteiger partial charge in [0.2, 0.25) is 0 Å². The Labute approximate surface area is 88.8 Å². The Morgan fingerprint density at radius 1 is 1.20 bits per heavy atom. The molecule has 0 aliphatic heterocycles. The first-order chi connectivity index (χ1) is 7.33. The fourth-order valence-corrected chi connectivity index (χ4v) is 1.53. The first kappa shape index (κ1) is 9.65. The number of aromatic nitrogens is 2. The van der Waals surface area contributed by atoms with E-state index in [1.54, 1.807) is 25.7 Å². The van der Waals surface area contributed by atoms with Gasteiger partial charge in [0, 0.05) is 29.7 Å². The molecule has 0 fully saturated rings. The third kappa shape index (κ3) is 1.81. The van der Waals surface area contributed by atoms with Crippen molar-refractivity contribution in [3.05, 3.63) is 42.4 Å². The van der Waals surface area contributed by atoms with Gasteiger partial charge in [0.05, 0.1) is 12.8 Å². The third-order valence-electron chi connectivity index (χ3n) is 2.31. The van der Waals surface area contributed by atoms with Crippen molar-refractivity contribution in [1.29, 1.82) is 0 Å². The van der Waals surface area contributed by atoms with Crippen molar-refractivity contribution in [2.24, 2.45) is 0 Å². The summed E-state index contributed by atoms with van der Waals surface area (Å²) in [5.74, 6) is 0.851. The van der Waals surface area contributed by atoms with Gasteiger partial charge in [0.25, 0.3) is 0 Å². The maximum atomic E-state index is 5.25. The minimum absolute atomic E-state index is 0.851. The summed E-state index contributed by atoms with van der Waals surface area (Å²) in [6.07, 6.45) is 5.29. The molecule has 3 nitrogen and oxygen atoms in total. The number of methoxy groups -OCH3 is 1. The lowest BCUT2D eigenvalue weighted by atomic mass is 10.1. The summed E-state index contributed by atoms with van der Waals surface area (Å²) in [5, 5.41) is 0. The van der Waals surface area contributed by atoms with Gasteiger partial charge in [0.1, 0.15) is 5.75 Å². The van der Waals surface area contributed by atoms with E-state index in [4.69, 9.17) is 4.74 Å². The first-order valence-corrected chi connectivity index (χ1v) is 4.73. The van der Waals surface area contributed by atoms with Crippen molar-refractivity contribution in [2.75, 3.05) is 7.11 Å². The SMILES string of the molecule is COc1ccnc(-c2cccnc2)c1C. The summed E-state index contributed by atoms with van der Waals surface area (Å²) in [6, 6.07) is 5.74. The van der Waals surface area contributed by atoms with Gasteiger partial charge in [-0.25, -0.2) is 0 Å². The Hall–Kier alpha value is -1.90. The van der Waals surface area contributed by atoms with Crippen LogP contribution in [0.2, 0.25) is 0 Å². The second-order valence-corrected chi connectivity index (χ2v) is 3.23. The van der Waals surface area contributed by atoms with Gasteiger partial charge in [-0.2, -0.15) is 0 Å². The summed E-state index contributed by atoms with van der Waals surface area (Å²) < 4.78 is 5.25. The minimum atomic E-state index is 0.851. The smallest absolute Gasteiger partial charge is 0.125 e. The topological polar surface area (TPSA) is 35.0 Å². The summed E-state index contributed by atoms with van der Waals surface area (Å²) in [5.41, 5.74) is 2.96. The molecule has 0 N–H and O–H groups in total. The van der Waals surface area contributed by atoms with Gasteiger partial charge in [-0.3, -0.25) is 9.97 Å². The molecular formula is C12H12N2O. The van der Waals surface area contributed by atoms with Crippen LogP contribution in [0.5, 0.6) is 5.75 Å². The first-order valence-electron chi connectivity index (χ1n) is 4.73. The third-order valence-corrected chi connectivity index (χ3v) is 2.31. The highest BCUT2D eigenvalue weighted by molar-refractivity contribution is 5.64. The second kappa shape index (κ2) is 4.09.